The molecule has 0 saturated carbocycles. The van der Waals surface area contributed by atoms with Crippen LogP contribution >= 0.6 is 15.9 Å². The van der Waals surface area contributed by atoms with E-state index in [2.05, 4.69) is 20.9 Å². The maximum atomic E-state index is 13.0. The fraction of sp³-hybridized carbons (Fsp3) is 0.154. The minimum atomic E-state index is -0.287. The predicted molar refractivity (Wildman–Crippen MR) is 67.5 cm³/mol. The quantitative estimate of drug-likeness (QED) is 0.860. The van der Waals surface area contributed by atoms with Crippen LogP contribution in [0, 0.1) is 5.82 Å². The average Bonchev–Trinajstić information content (AvgIpc) is 2.35. The molecular formula is C13H11BrFNO. The zero-order valence-corrected chi connectivity index (χ0v) is 10.7. The lowest BCUT2D eigenvalue weighted by Crippen LogP contribution is -2.01. The Morgan fingerprint density at radius 1 is 1.29 bits per heavy atom. The topological polar surface area (TPSA) is 22.1 Å². The minimum Gasteiger partial charge on any atom is -0.493 e. The zero-order valence-electron chi connectivity index (χ0n) is 9.07. The molecule has 0 atom stereocenters. The van der Waals surface area contributed by atoms with Gasteiger partial charge in [0.2, 0.25) is 0 Å². The lowest BCUT2D eigenvalue weighted by atomic mass is 10.2. The van der Waals surface area contributed by atoms with Gasteiger partial charge in [0.25, 0.3) is 0 Å². The molecule has 17 heavy (non-hydrogen) atoms. The van der Waals surface area contributed by atoms with Crippen molar-refractivity contribution in [2.45, 2.75) is 6.42 Å². The van der Waals surface area contributed by atoms with Crippen LogP contribution in [0.25, 0.3) is 0 Å². The molecule has 4 heteroatoms. The number of halogens is 2. The fourth-order valence-electron chi connectivity index (χ4n) is 1.40. The molecule has 0 N–H and O–H groups in total. The molecule has 88 valence electrons. The SMILES string of the molecule is Fc1ccc(OCCc2cccnc2)cc1Br. The van der Waals surface area contributed by atoms with Gasteiger partial charge in [-0.05, 0) is 45.8 Å². The van der Waals surface area contributed by atoms with Crippen LogP contribution in [0.4, 0.5) is 4.39 Å². The van der Waals surface area contributed by atoms with E-state index in [0.717, 1.165) is 12.0 Å². The number of ether oxygens (including phenoxy) is 1. The Hall–Kier alpha value is -1.42. The van der Waals surface area contributed by atoms with Gasteiger partial charge in [0.05, 0.1) is 11.1 Å². The normalized spacial score (nSPS) is 10.2. The summed E-state index contributed by atoms with van der Waals surface area (Å²) in [7, 11) is 0. The third-order valence-electron chi connectivity index (χ3n) is 2.27. The van der Waals surface area contributed by atoms with E-state index in [4.69, 9.17) is 4.74 Å². The number of benzene rings is 1. The van der Waals surface area contributed by atoms with Crippen LogP contribution in [0.3, 0.4) is 0 Å². The molecule has 0 fully saturated rings. The molecule has 2 nitrogen and oxygen atoms in total. The van der Waals surface area contributed by atoms with Gasteiger partial charge in [0, 0.05) is 18.8 Å². The van der Waals surface area contributed by atoms with Crippen LogP contribution in [0.15, 0.2) is 47.2 Å². The number of pyridine rings is 1. The average molecular weight is 296 g/mol. The highest BCUT2D eigenvalue weighted by Crippen LogP contribution is 2.21. The van der Waals surface area contributed by atoms with E-state index in [1.54, 1.807) is 18.3 Å². The molecule has 0 spiro atoms. The van der Waals surface area contributed by atoms with E-state index in [9.17, 15) is 4.39 Å². The summed E-state index contributed by atoms with van der Waals surface area (Å²) in [5.74, 6) is 0.367. The Bertz CT molecular complexity index is 490. The summed E-state index contributed by atoms with van der Waals surface area (Å²) in [6.45, 7) is 0.545. The first-order valence-electron chi connectivity index (χ1n) is 5.22. The van der Waals surface area contributed by atoms with Crippen molar-refractivity contribution in [2.75, 3.05) is 6.61 Å². The first kappa shape index (κ1) is 12.0. The summed E-state index contributed by atoms with van der Waals surface area (Å²) in [4.78, 5) is 4.02. The standard InChI is InChI=1S/C13H11BrFNO/c14-12-8-11(3-4-13(12)15)17-7-5-10-2-1-6-16-9-10/h1-4,6,8-9H,5,7H2. The number of nitrogens with zero attached hydrogens (tertiary/aromatic N) is 1. The third-order valence-corrected chi connectivity index (χ3v) is 2.88. The van der Waals surface area contributed by atoms with Crippen molar-refractivity contribution < 1.29 is 9.13 Å². The monoisotopic (exact) mass is 295 g/mol. The Labute approximate surface area is 108 Å². The molecule has 0 aliphatic heterocycles. The number of hydrogen-bond donors (Lipinski definition) is 0. The van der Waals surface area contributed by atoms with Crippen LogP contribution < -0.4 is 4.74 Å². The van der Waals surface area contributed by atoms with Crippen molar-refractivity contribution in [3.05, 3.63) is 58.6 Å². The molecule has 0 unspecified atom stereocenters. The van der Waals surface area contributed by atoms with Crippen molar-refractivity contribution in [1.82, 2.24) is 4.98 Å². The fourth-order valence-corrected chi connectivity index (χ4v) is 1.76. The highest BCUT2D eigenvalue weighted by atomic mass is 79.9. The highest BCUT2D eigenvalue weighted by molar-refractivity contribution is 9.10. The Morgan fingerprint density at radius 2 is 2.18 bits per heavy atom. The van der Waals surface area contributed by atoms with Gasteiger partial charge in [0.1, 0.15) is 11.6 Å². The van der Waals surface area contributed by atoms with Crippen molar-refractivity contribution >= 4 is 15.9 Å². The van der Waals surface area contributed by atoms with Gasteiger partial charge in [0.15, 0.2) is 0 Å². The van der Waals surface area contributed by atoms with E-state index < -0.39 is 0 Å². The summed E-state index contributed by atoms with van der Waals surface area (Å²) in [5, 5.41) is 0. The van der Waals surface area contributed by atoms with Gasteiger partial charge in [-0.15, -0.1) is 0 Å². The molecule has 1 heterocycles. The third kappa shape index (κ3) is 3.53. The number of aromatic nitrogens is 1. The van der Waals surface area contributed by atoms with E-state index in [1.165, 1.54) is 6.07 Å². The van der Waals surface area contributed by atoms with E-state index in [-0.39, 0.29) is 5.82 Å². The largest absolute Gasteiger partial charge is 0.493 e. The molecule has 0 aliphatic carbocycles. The second-order valence-corrected chi connectivity index (χ2v) is 4.39. The summed E-state index contributed by atoms with van der Waals surface area (Å²) in [6.07, 6.45) is 4.33. The molecule has 1 aromatic carbocycles. The summed E-state index contributed by atoms with van der Waals surface area (Å²) < 4.78 is 18.9. The first-order chi connectivity index (χ1) is 8.25. The first-order valence-corrected chi connectivity index (χ1v) is 6.02. The maximum absolute atomic E-state index is 13.0. The van der Waals surface area contributed by atoms with Gasteiger partial charge in [-0.1, -0.05) is 6.07 Å². The van der Waals surface area contributed by atoms with Gasteiger partial charge < -0.3 is 4.74 Å². The summed E-state index contributed by atoms with van der Waals surface area (Å²) >= 11 is 3.12. The van der Waals surface area contributed by atoms with Crippen LogP contribution in [-0.4, -0.2) is 11.6 Å². The van der Waals surface area contributed by atoms with E-state index in [1.807, 2.05) is 18.3 Å². The molecule has 0 radical (unpaired) electrons. The van der Waals surface area contributed by atoms with Crippen LogP contribution in [0.1, 0.15) is 5.56 Å². The van der Waals surface area contributed by atoms with Crippen LogP contribution in [0.5, 0.6) is 5.75 Å². The summed E-state index contributed by atoms with van der Waals surface area (Å²) in [6, 6.07) is 8.51. The Kier molecular flexibility index (Phi) is 4.09. The molecule has 0 amide bonds. The Morgan fingerprint density at radius 3 is 2.88 bits per heavy atom. The van der Waals surface area contributed by atoms with Gasteiger partial charge in [-0.2, -0.15) is 0 Å². The lowest BCUT2D eigenvalue weighted by molar-refractivity contribution is 0.321. The van der Waals surface area contributed by atoms with Crippen molar-refractivity contribution in [1.29, 1.82) is 0 Å². The molecule has 2 rings (SSSR count). The van der Waals surface area contributed by atoms with Gasteiger partial charge >= 0.3 is 0 Å². The molecule has 0 bridgehead atoms. The summed E-state index contributed by atoms with van der Waals surface area (Å²) in [5.41, 5.74) is 1.12. The Balaban J connectivity index is 1.88. The molecule has 1 aromatic heterocycles. The van der Waals surface area contributed by atoms with Gasteiger partial charge in [-0.3, -0.25) is 4.98 Å². The van der Waals surface area contributed by atoms with Gasteiger partial charge in [-0.25, -0.2) is 4.39 Å². The minimum absolute atomic E-state index is 0.287. The van der Waals surface area contributed by atoms with E-state index >= 15 is 0 Å². The van der Waals surface area contributed by atoms with Crippen LogP contribution in [0.2, 0.25) is 0 Å². The molecule has 2 aromatic rings. The maximum Gasteiger partial charge on any atom is 0.137 e. The van der Waals surface area contributed by atoms with Crippen molar-refractivity contribution in [3.8, 4) is 5.75 Å². The zero-order chi connectivity index (χ0) is 12.1. The van der Waals surface area contributed by atoms with Crippen LogP contribution in [-0.2, 0) is 6.42 Å². The second kappa shape index (κ2) is 5.77. The smallest absolute Gasteiger partial charge is 0.137 e. The van der Waals surface area contributed by atoms with E-state index in [0.29, 0.717) is 16.8 Å². The lowest BCUT2D eigenvalue weighted by Gasteiger charge is -2.06. The molecular weight excluding hydrogens is 285 g/mol. The molecule has 0 aliphatic rings. The number of rotatable bonds is 4. The highest BCUT2D eigenvalue weighted by Gasteiger charge is 2.01. The molecule has 0 saturated heterocycles. The second-order valence-electron chi connectivity index (χ2n) is 3.54. The van der Waals surface area contributed by atoms with Crippen molar-refractivity contribution in [3.63, 3.8) is 0 Å². The van der Waals surface area contributed by atoms with Crippen molar-refractivity contribution in [2.24, 2.45) is 0 Å². The predicted octanol–water partition coefficient (Wildman–Crippen LogP) is 3.60. The number of hydrogen-bond acceptors (Lipinski definition) is 2.